The zero-order chi connectivity index (χ0) is 20.9. The van der Waals surface area contributed by atoms with E-state index in [1.54, 1.807) is 26.0 Å². The predicted octanol–water partition coefficient (Wildman–Crippen LogP) is 4.24. The lowest BCUT2D eigenvalue weighted by Gasteiger charge is -2.19. The second-order valence-corrected chi connectivity index (χ2v) is 9.18. The second kappa shape index (κ2) is 9.82. The average molecular weight is 492 g/mol. The molecule has 0 atom stereocenters. The molecule has 1 amide bonds. The molecule has 0 aliphatic rings. The Labute approximate surface area is 178 Å². The summed E-state index contributed by atoms with van der Waals surface area (Å²) >= 11 is 9.23. The SMILES string of the molecule is CCN(CC)S(=O)(=O)c1ccc(Cl)c(C(=O)NCCc2ccc(F)c(Br)c2)c1. The van der Waals surface area contributed by atoms with Crippen LogP contribution >= 0.6 is 27.5 Å². The Bertz CT molecular complexity index is 966. The molecule has 0 radical (unpaired) electrons. The minimum Gasteiger partial charge on any atom is -0.352 e. The number of nitrogens with one attached hydrogen (secondary N) is 1. The van der Waals surface area contributed by atoms with Crippen molar-refractivity contribution in [3.63, 3.8) is 0 Å². The molecule has 0 spiro atoms. The lowest BCUT2D eigenvalue weighted by molar-refractivity contribution is 0.0954. The van der Waals surface area contributed by atoms with E-state index in [2.05, 4.69) is 21.2 Å². The number of benzene rings is 2. The fourth-order valence-electron chi connectivity index (χ4n) is 2.66. The number of hydrogen-bond donors (Lipinski definition) is 1. The van der Waals surface area contributed by atoms with Gasteiger partial charge >= 0.3 is 0 Å². The van der Waals surface area contributed by atoms with Crippen molar-refractivity contribution in [2.45, 2.75) is 25.2 Å². The van der Waals surface area contributed by atoms with Crippen molar-refractivity contribution in [3.8, 4) is 0 Å². The van der Waals surface area contributed by atoms with E-state index < -0.39 is 15.9 Å². The summed E-state index contributed by atoms with van der Waals surface area (Å²) in [4.78, 5) is 12.5. The molecule has 0 saturated heterocycles. The fraction of sp³-hybridized carbons (Fsp3) is 0.316. The smallest absolute Gasteiger partial charge is 0.252 e. The molecule has 0 bridgehead atoms. The van der Waals surface area contributed by atoms with Crippen LogP contribution in [0.5, 0.6) is 0 Å². The van der Waals surface area contributed by atoms with Gasteiger partial charge < -0.3 is 5.32 Å². The Kier molecular flexibility index (Phi) is 8.00. The van der Waals surface area contributed by atoms with Gasteiger partial charge in [0.05, 0.1) is 20.0 Å². The van der Waals surface area contributed by atoms with Crippen molar-refractivity contribution in [1.29, 1.82) is 0 Å². The van der Waals surface area contributed by atoms with E-state index in [-0.39, 0.29) is 21.3 Å². The van der Waals surface area contributed by atoms with Crippen molar-refractivity contribution in [2.75, 3.05) is 19.6 Å². The van der Waals surface area contributed by atoms with Crippen LogP contribution in [-0.4, -0.2) is 38.3 Å². The molecule has 0 aliphatic carbocycles. The highest BCUT2D eigenvalue weighted by atomic mass is 79.9. The summed E-state index contributed by atoms with van der Waals surface area (Å²) in [6.45, 7) is 4.45. The van der Waals surface area contributed by atoms with Crippen LogP contribution in [0.25, 0.3) is 0 Å². The molecule has 2 aromatic rings. The van der Waals surface area contributed by atoms with E-state index in [0.717, 1.165) is 5.56 Å². The molecule has 1 N–H and O–H groups in total. The van der Waals surface area contributed by atoms with Gasteiger partial charge in [-0.3, -0.25) is 4.79 Å². The number of rotatable bonds is 8. The second-order valence-electron chi connectivity index (χ2n) is 5.99. The lowest BCUT2D eigenvalue weighted by Crippen LogP contribution is -2.31. The van der Waals surface area contributed by atoms with Crippen molar-refractivity contribution in [3.05, 3.63) is 62.8 Å². The summed E-state index contributed by atoms with van der Waals surface area (Å²) in [5, 5.41) is 2.88. The number of amides is 1. The molecule has 2 aromatic carbocycles. The molecule has 0 heterocycles. The summed E-state index contributed by atoms with van der Waals surface area (Å²) in [5.74, 6) is -0.825. The summed E-state index contributed by atoms with van der Waals surface area (Å²) < 4.78 is 40.2. The first-order valence-corrected chi connectivity index (χ1v) is 11.3. The predicted molar refractivity (Wildman–Crippen MR) is 112 cm³/mol. The summed E-state index contributed by atoms with van der Waals surface area (Å²) in [6.07, 6.45) is 0.486. The van der Waals surface area contributed by atoms with Crippen molar-refractivity contribution >= 4 is 43.5 Å². The molecule has 5 nitrogen and oxygen atoms in total. The normalized spacial score (nSPS) is 11.6. The third kappa shape index (κ3) is 5.31. The van der Waals surface area contributed by atoms with Gasteiger partial charge in [0.1, 0.15) is 5.82 Å². The van der Waals surface area contributed by atoms with Crippen LogP contribution in [0.3, 0.4) is 0 Å². The molecular weight excluding hydrogens is 471 g/mol. The molecule has 0 aliphatic heterocycles. The van der Waals surface area contributed by atoms with Gasteiger partial charge in [0, 0.05) is 19.6 Å². The highest BCUT2D eigenvalue weighted by Crippen LogP contribution is 2.23. The van der Waals surface area contributed by atoms with Gasteiger partial charge in [-0.15, -0.1) is 0 Å². The summed E-state index contributed by atoms with van der Waals surface area (Å²) in [5.41, 5.74) is 0.938. The highest BCUT2D eigenvalue weighted by Gasteiger charge is 2.23. The number of halogens is 3. The topological polar surface area (TPSA) is 66.5 Å². The number of carbonyl (C=O) groups is 1. The lowest BCUT2D eigenvalue weighted by atomic mass is 10.1. The molecule has 0 aromatic heterocycles. The molecule has 0 fully saturated rings. The van der Waals surface area contributed by atoms with Crippen LogP contribution in [0.2, 0.25) is 5.02 Å². The Morgan fingerprint density at radius 2 is 1.86 bits per heavy atom. The van der Waals surface area contributed by atoms with E-state index in [4.69, 9.17) is 11.6 Å². The van der Waals surface area contributed by atoms with Gasteiger partial charge in [0.15, 0.2) is 0 Å². The van der Waals surface area contributed by atoms with E-state index in [1.807, 2.05) is 0 Å². The van der Waals surface area contributed by atoms with Crippen LogP contribution in [0.1, 0.15) is 29.8 Å². The maximum atomic E-state index is 13.3. The minimum absolute atomic E-state index is 0.0215. The van der Waals surface area contributed by atoms with Crippen molar-refractivity contribution in [1.82, 2.24) is 9.62 Å². The van der Waals surface area contributed by atoms with Gasteiger partial charge in [-0.05, 0) is 58.2 Å². The molecule has 28 heavy (non-hydrogen) atoms. The van der Waals surface area contributed by atoms with E-state index in [9.17, 15) is 17.6 Å². The fourth-order valence-corrected chi connectivity index (χ4v) is 4.78. The Hall–Kier alpha value is -1.48. The van der Waals surface area contributed by atoms with Crippen molar-refractivity contribution in [2.24, 2.45) is 0 Å². The van der Waals surface area contributed by atoms with Gasteiger partial charge in [-0.1, -0.05) is 31.5 Å². The highest BCUT2D eigenvalue weighted by molar-refractivity contribution is 9.10. The zero-order valence-electron chi connectivity index (χ0n) is 15.5. The molecule has 2 rings (SSSR count). The van der Waals surface area contributed by atoms with Gasteiger partial charge in [0.25, 0.3) is 5.91 Å². The van der Waals surface area contributed by atoms with Crippen LogP contribution < -0.4 is 5.32 Å². The van der Waals surface area contributed by atoms with Gasteiger partial charge in [-0.2, -0.15) is 4.31 Å². The number of hydrogen-bond acceptors (Lipinski definition) is 3. The minimum atomic E-state index is -3.69. The summed E-state index contributed by atoms with van der Waals surface area (Å²) in [7, 11) is -3.69. The largest absolute Gasteiger partial charge is 0.352 e. The monoisotopic (exact) mass is 490 g/mol. The quantitative estimate of drug-likeness (QED) is 0.600. The van der Waals surface area contributed by atoms with Crippen molar-refractivity contribution < 1.29 is 17.6 Å². The van der Waals surface area contributed by atoms with E-state index >= 15 is 0 Å². The maximum absolute atomic E-state index is 13.3. The Balaban J connectivity index is 2.13. The first kappa shape index (κ1) is 22.8. The molecular formula is C19H21BrClFN2O3S. The number of nitrogens with zero attached hydrogens (tertiary/aromatic N) is 1. The number of sulfonamides is 1. The van der Waals surface area contributed by atoms with Gasteiger partial charge in [0.2, 0.25) is 10.0 Å². The van der Waals surface area contributed by atoms with Crippen LogP contribution in [0.4, 0.5) is 4.39 Å². The first-order valence-electron chi connectivity index (χ1n) is 8.72. The van der Waals surface area contributed by atoms with E-state index in [1.165, 1.54) is 28.6 Å². The van der Waals surface area contributed by atoms with Crippen LogP contribution in [0.15, 0.2) is 45.8 Å². The zero-order valence-corrected chi connectivity index (χ0v) is 18.7. The third-order valence-corrected chi connectivity index (χ3v) is 7.19. The maximum Gasteiger partial charge on any atom is 0.252 e. The average Bonchev–Trinajstić information content (AvgIpc) is 2.65. The van der Waals surface area contributed by atoms with Crippen LogP contribution in [-0.2, 0) is 16.4 Å². The third-order valence-electron chi connectivity index (χ3n) is 4.21. The first-order chi connectivity index (χ1) is 13.2. The summed E-state index contributed by atoms with van der Waals surface area (Å²) in [6, 6.07) is 8.72. The standard InChI is InChI=1S/C19H21BrClFN2O3S/c1-3-24(4-2)28(26,27)14-6-7-17(21)15(12-14)19(25)23-10-9-13-5-8-18(22)16(20)11-13/h5-8,11-12H,3-4,9-10H2,1-2H3,(H,23,25). The van der Waals surface area contributed by atoms with E-state index in [0.29, 0.717) is 30.5 Å². The Morgan fingerprint density at radius 3 is 2.46 bits per heavy atom. The van der Waals surface area contributed by atoms with Gasteiger partial charge in [-0.25, -0.2) is 12.8 Å². The van der Waals surface area contributed by atoms with Crippen LogP contribution in [0, 0.1) is 5.82 Å². The molecule has 0 unspecified atom stereocenters. The number of carbonyl (C=O) groups excluding carboxylic acids is 1. The Morgan fingerprint density at radius 1 is 1.18 bits per heavy atom. The molecule has 9 heteroatoms. The molecule has 0 saturated carbocycles. The molecule has 152 valence electrons.